The van der Waals surface area contributed by atoms with Crippen LogP contribution < -0.4 is 20.5 Å². The fraction of sp³-hybridized carbons (Fsp3) is 0.273. The van der Waals surface area contributed by atoms with E-state index in [-0.39, 0.29) is 11.7 Å². The van der Waals surface area contributed by atoms with Gasteiger partial charge in [0, 0.05) is 6.07 Å². The van der Waals surface area contributed by atoms with E-state index in [1.807, 2.05) is 0 Å². The number of esters is 1. The first-order valence-corrected chi connectivity index (χ1v) is 5.41. The van der Waals surface area contributed by atoms with Gasteiger partial charge in [-0.2, -0.15) is 0 Å². The van der Waals surface area contributed by atoms with Crippen LogP contribution in [-0.2, 0) is 9.53 Å². The lowest BCUT2D eigenvalue weighted by atomic mass is 10.2. The van der Waals surface area contributed by atoms with E-state index < -0.39 is 5.97 Å². The fourth-order valence-corrected chi connectivity index (χ4v) is 1.32. The third kappa shape index (κ3) is 4.10. The molecule has 6 nitrogen and oxygen atoms in total. The van der Waals surface area contributed by atoms with Gasteiger partial charge in [0.1, 0.15) is 11.5 Å². The van der Waals surface area contributed by atoms with E-state index in [0.717, 1.165) is 0 Å². The van der Waals surface area contributed by atoms with Gasteiger partial charge in [0.05, 0.1) is 19.9 Å². The van der Waals surface area contributed by atoms with Crippen LogP contribution in [0.15, 0.2) is 18.2 Å². The number of anilines is 1. The molecule has 0 heterocycles. The number of thiocarbonyl (C=S) groups is 1. The Morgan fingerprint density at radius 2 is 2.17 bits per heavy atom. The molecule has 0 fully saturated rings. The second kappa shape index (κ2) is 6.65. The molecule has 0 aliphatic heterocycles. The molecule has 0 aliphatic carbocycles. The molecule has 7 heteroatoms. The predicted octanol–water partition coefficient (Wildman–Crippen LogP) is 0.903. The molecule has 1 aromatic rings. The van der Waals surface area contributed by atoms with Crippen molar-refractivity contribution in [2.75, 3.05) is 26.1 Å². The summed E-state index contributed by atoms with van der Waals surface area (Å²) in [5.41, 5.74) is 5.95. The lowest BCUT2D eigenvalue weighted by Gasteiger charge is -2.12. The maximum absolute atomic E-state index is 10.9. The van der Waals surface area contributed by atoms with Crippen LogP contribution in [0.5, 0.6) is 11.5 Å². The third-order valence-electron chi connectivity index (χ3n) is 2.01. The Balaban J connectivity index is 2.81. The van der Waals surface area contributed by atoms with Crippen LogP contribution in [0.25, 0.3) is 0 Å². The lowest BCUT2D eigenvalue weighted by Crippen LogP contribution is -2.19. The van der Waals surface area contributed by atoms with Crippen molar-refractivity contribution in [3.63, 3.8) is 0 Å². The average molecular weight is 270 g/mol. The highest BCUT2D eigenvalue weighted by Gasteiger charge is 2.07. The summed E-state index contributed by atoms with van der Waals surface area (Å²) in [6.07, 6.45) is 0. The van der Waals surface area contributed by atoms with E-state index in [1.165, 1.54) is 14.2 Å². The van der Waals surface area contributed by atoms with Crippen LogP contribution in [0.4, 0.5) is 5.69 Å². The summed E-state index contributed by atoms with van der Waals surface area (Å²) in [6, 6.07) is 4.96. The van der Waals surface area contributed by atoms with Gasteiger partial charge in [0.2, 0.25) is 0 Å². The van der Waals surface area contributed by atoms with Crippen LogP contribution in [0.1, 0.15) is 0 Å². The monoisotopic (exact) mass is 270 g/mol. The van der Waals surface area contributed by atoms with Crippen molar-refractivity contribution in [3.8, 4) is 11.5 Å². The molecule has 0 amide bonds. The number of carbonyl (C=O) groups is 1. The molecule has 0 aliphatic rings. The molecule has 0 spiro atoms. The van der Waals surface area contributed by atoms with Crippen LogP contribution >= 0.6 is 12.2 Å². The zero-order chi connectivity index (χ0) is 13.5. The molecule has 98 valence electrons. The van der Waals surface area contributed by atoms with Crippen molar-refractivity contribution < 1.29 is 19.0 Å². The number of methoxy groups -OCH3 is 2. The predicted molar refractivity (Wildman–Crippen MR) is 70.9 cm³/mol. The van der Waals surface area contributed by atoms with Gasteiger partial charge >= 0.3 is 5.97 Å². The maximum Gasteiger partial charge on any atom is 0.343 e. The summed E-state index contributed by atoms with van der Waals surface area (Å²) in [6.45, 7) is -0.171. The molecule has 0 aromatic heterocycles. The Hall–Kier alpha value is -2.02. The highest BCUT2D eigenvalue weighted by molar-refractivity contribution is 7.80. The minimum atomic E-state index is -0.463. The Labute approximate surface area is 110 Å². The smallest absolute Gasteiger partial charge is 0.343 e. The first-order chi connectivity index (χ1) is 8.56. The maximum atomic E-state index is 10.9. The van der Waals surface area contributed by atoms with Gasteiger partial charge in [0.25, 0.3) is 0 Å². The zero-order valence-electron chi connectivity index (χ0n) is 10.1. The topological polar surface area (TPSA) is 82.8 Å². The van der Waals surface area contributed by atoms with E-state index in [1.54, 1.807) is 18.2 Å². The van der Waals surface area contributed by atoms with Gasteiger partial charge in [-0.15, -0.1) is 0 Å². The minimum Gasteiger partial charge on any atom is -0.495 e. The van der Waals surface area contributed by atoms with Crippen molar-refractivity contribution >= 4 is 29.0 Å². The number of nitrogens with two attached hydrogens (primary N) is 1. The van der Waals surface area contributed by atoms with Gasteiger partial charge in [0.15, 0.2) is 11.7 Å². The molecule has 0 atom stereocenters. The Kier molecular flexibility index (Phi) is 5.19. The van der Waals surface area contributed by atoms with Gasteiger partial charge in [-0.1, -0.05) is 0 Å². The first kappa shape index (κ1) is 14.0. The summed E-state index contributed by atoms with van der Waals surface area (Å²) in [5.74, 6) is 0.572. The van der Waals surface area contributed by atoms with E-state index in [2.05, 4.69) is 10.1 Å². The summed E-state index contributed by atoms with van der Waals surface area (Å²) in [4.78, 5) is 10.9. The van der Waals surface area contributed by atoms with Crippen LogP contribution in [-0.4, -0.2) is 31.9 Å². The number of hydrogen-bond donors (Lipinski definition) is 2. The number of ether oxygens (including phenoxy) is 3. The van der Waals surface area contributed by atoms with Gasteiger partial charge in [-0.25, -0.2) is 4.79 Å². The average Bonchev–Trinajstić information content (AvgIpc) is 2.35. The van der Waals surface area contributed by atoms with E-state index in [0.29, 0.717) is 17.2 Å². The third-order valence-corrected chi connectivity index (χ3v) is 2.12. The highest BCUT2D eigenvalue weighted by Crippen LogP contribution is 2.28. The molecule has 1 aromatic carbocycles. The van der Waals surface area contributed by atoms with Crippen LogP contribution in [0, 0.1) is 0 Å². The van der Waals surface area contributed by atoms with Crippen LogP contribution in [0.2, 0.25) is 0 Å². The number of carbonyl (C=O) groups excluding carboxylic acids is 1. The molecule has 3 N–H and O–H groups in total. The molecule has 1 rings (SSSR count). The van der Waals surface area contributed by atoms with Crippen molar-refractivity contribution in [1.29, 1.82) is 0 Å². The molecule has 0 saturated carbocycles. The first-order valence-electron chi connectivity index (χ1n) is 5.01. The molecule has 0 unspecified atom stereocenters. The van der Waals surface area contributed by atoms with Gasteiger partial charge in [-0.3, -0.25) is 0 Å². The number of rotatable bonds is 5. The van der Waals surface area contributed by atoms with E-state index in [9.17, 15) is 4.79 Å². The van der Waals surface area contributed by atoms with Crippen molar-refractivity contribution in [3.05, 3.63) is 18.2 Å². The minimum absolute atomic E-state index is 0.110. The summed E-state index contributed by atoms with van der Waals surface area (Å²) in [7, 11) is 2.81. The Morgan fingerprint density at radius 1 is 1.44 bits per heavy atom. The quantitative estimate of drug-likeness (QED) is 0.607. The summed E-state index contributed by atoms with van der Waals surface area (Å²) in [5, 5.41) is 2.86. The Bertz CT molecular complexity index is 451. The number of nitrogens with one attached hydrogen (secondary N) is 1. The largest absolute Gasteiger partial charge is 0.495 e. The molecule has 0 bridgehead atoms. The van der Waals surface area contributed by atoms with Crippen molar-refractivity contribution in [1.82, 2.24) is 0 Å². The molecular weight excluding hydrogens is 256 g/mol. The second-order valence-corrected chi connectivity index (χ2v) is 3.66. The number of hydrogen-bond acceptors (Lipinski definition) is 5. The van der Waals surface area contributed by atoms with Crippen LogP contribution in [0.3, 0.4) is 0 Å². The van der Waals surface area contributed by atoms with E-state index >= 15 is 0 Å². The fourth-order valence-electron chi connectivity index (χ4n) is 1.21. The van der Waals surface area contributed by atoms with Crippen molar-refractivity contribution in [2.24, 2.45) is 5.73 Å². The van der Waals surface area contributed by atoms with Gasteiger partial charge in [-0.05, 0) is 24.4 Å². The SMILES string of the molecule is COC(=O)COc1ccc(OC)c(NC(N)=S)c1. The number of benzene rings is 1. The molecule has 0 saturated heterocycles. The van der Waals surface area contributed by atoms with Crippen molar-refractivity contribution in [2.45, 2.75) is 0 Å². The molecular formula is C11H14N2O4S. The zero-order valence-corrected chi connectivity index (χ0v) is 10.9. The Morgan fingerprint density at radius 3 is 2.72 bits per heavy atom. The highest BCUT2D eigenvalue weighted by atomic mass is 32.1. The normalized spacial score (nSPS) is 9.44. The van der Waals surface area contributed by atoms with E-state index in [4.69, 9.17) is 27.4 Å². The lowest BCUT2D eigenvalue weighted by molar-refractivity contribution is -0.142. The molecule has 18 heavy (non-hydrogen) atoms. The van der Waals surface area contributed by atoms with Gasteiger partial charge < -0.3 is 25.3 Å². The standard InChI is InChI=1S/C11H14N2O4S/c1-15-9-4-3-7(17-6-10(14)16-2)5-8(9)13-11(12)18/h3-5H,6H2,1-2H3,(H3,12,13,18). The second-order valence-electron chi connectivity index (χ2n) is 3.22. The molecule has 0 radical (unpaired) electrons. The summed E-state index contributed by atoms with van der Waals surface area (Å²) < 4.78 is 14.8. The summed E-state index contributed by atoms with van der Waals surface area (Å²) >= 11 is 4.75.